The number of oxazole rings is 1. The van der Waals surface area contributed by atoms with E-state index in [1.165, 1.54) is 6.39 Å². The van der Waals surface area contributed by atoms with Gasteiger partial charge in [0.05, 0.1) is 19.5 Å². The van der Waals surface area contributed by atoms with Crippen molar-refractivity contribution in [2.24, 2.45) is 0 Å². The van der Waals surface area contributed by atoms with Crippen molar-refractivity contribution in [1.82, 2.24) is 15.3 Å². The normalized spacial score (nSPS) is 18.7. The van der Waals surface area contributed by atoms with Crippen LogP contribution in [0.25, 0.3) is 0 Å². The molecule has 3 aromatic rings. The van der Waals surface area contributed by atoms with Gasteiger partial charge in [0, 0.05) is 41.5 Å². The Hall–Kier alpha value is -3.26. The highest BCUT2D eigenvalue weighted by Crippen LogP contribution is 2.30. The molecule has 2 atom stereocenters. The summed E-state index contributed by atoms with van der Waals surface area (Å²) in [5.41, 5.74) is 1.55. The number of hydrogen-bond acceptors (Lipinski definition) is 6. The number of benzene rings is 1. The van der Waals surface area contributed by atoms with Gasteiger partial charge in [-0.3, -0.25) is 4.98 Å². The van der Waals surface area contributed by atoms with E-state index in [9.17, 15) is 4.79 Å². The number of nitrogens with zero attached hydrogens (tertiary/aromatic N) is 3. The molecule has 0 aliphatic carbocycles. The van der Waals surface area contributed by atoms with Crippen molar-refractivity contribution >= 4 is 29.2 Å². The number of urea groups is 1. The lowest BCUT2D eigenvalue weighted by atomic mass is 9.89. The standard InChI is InChI=1S/C21H22ClN5O3/c1-29-16-6-7-18(24-10-16)17-12-27(20-11-23-13-30-20)9-8-19(17)26-21(28)25-15-4-2-14(22)3-5-15/h2-7,10-11,13,17,19H,8-9,12H2,1H3,(H2,25,26,28)/t17-,19+/m0/s1. The van der Waals surface area contributed by atoms with Crippen LogP contribution in [0.5, 0.6) is 5.75 Å². The van der Waals surface area contributed by atoms with Gasteiger partial charge in [0.2, 0.25) is 5.88 Å². The summed E-state index contributed by atoms with van der Waals surface area (Å²) in [5, 5.41) is 6.57. The Kier molecular flexibility index (Phi) is 6.04. The number of carbonyl (C=O) groups is 1. The molecule has 1 fully saturated rings. The van der Waals surface area contributed by atoms with Crippen LogP contribution in [0.2, 0.25) is 5.02 Å². The fourth-order valence-electron chi connectivity index (χ4n) is 3.59. The van der Waals surface area contributed by atoms with Crippen LogP contribution >= 0.6 is 11.6 Å². The Morgan fingerprint density at radius 3 is 2.73 bits per heavy atom. The van der Waals surface area contributed by atoms with Gasteiger partial charge >= 0.3 is 6.03 Å². The molecule has 2 aromatic heterocycles. The van der Waals surface area contributed by atoms with E-state index in [4.69, 9.17) is 20.8 Å². The molecule has 30 heavy (non-hydrogen) atoms. The molecule has 1 aliphatic heterocycles. The maximum absolute atomic E-state index is 12.6. The average Bonchev–Trinajstić information content (AvgIpc) is 3.31. The molecular formula is C21H22ClN5O3. The van der Waals surface area contributed by atoms with Crippen LogP contribution < -0.4 is 20.3 Å². The number of ether oxygens (including phenoxy) is 1. The fraction of sp³-hybridized carbons (Fsp3) is 0.286. The zero-order valence-corrected chi connectivity index (χ0v) is 17.2. The Morgan fingerprint density at radius 2 is 2.07 bits per heavy atom. The van der Waals surface area contributed by atoms with Crippen molar-refractivity contribution < 1.29 is 13.9 Å². The Labute approximate surface area is 179 Å². The number of amides is 2. The van der Waals surface area contributed by atoms with Crippen LogP contribution in [0.4, 0.5) is 16.4 Å². The molecule has 0 bridgehead atoms. The number of anilines is 2. The molecule has 9 heteroatoms. The van der Waals surface area contributed by atoms with Crippen LogP contribution in [0.1, 0.15) is 18.0 Å². The fourth-order valence-corrected chi connectivity index (χ4v) is 3.72. The monoisotopic (exact) mass is 427 g/mol. The number of rotatable bonds is 5. The summed E-state index contributed by atoms with van der Waals surface area (Å²) in [6.07, 6.45) is 5.53. The third-order valence-corrected chi connectivity index (χ3v) is 5.39. The first-order valence-corrected chi connectivity index (χ1v) is 9.96. The third-order valence-electron chi connectivity index (χ3n) is 5.14. The summed E-state index contributed by atoms with van der Waals surface area (Å²) in [6.45, 7) is 1.37. The molecule has 1 saturated heterocycles. The molecule has 0 radical (unpaired) electrons. The largest absolute Gasteiger partial charge is 0.495 e. The minimum Gasteiger partial charge on any atom is -0.495 e. The molecule has 4 rings (SSSR count). The molecule has 156 valence electrons. The van der Waals surface area contributed by atoms with Crippen molar-refractivity contribution in [3.63, 3.8) is 0 Å². The van der Waals surface area contributed by atoms with Gasteiger partial charge in [0.25, 0.3) is 0 Å². The zero-order valence-electron chi connectivity index (χ0n) is 16.4. The number of methoxy groups -OCH3 is 1. The maximum Gasteiger partial charge on any atom is 0.319 e. The lowest BCUT2D eigenvalue weighted by Crippen LogP contribution is -2.51. The van der Waals surface area contributed by atoms with Gasteiger partial charge < -0.3 is 24.7 Å². The number of nitrogens with one attached hydrogen (secondary N) is 2. The minimum absolute atomic E-state index is 0.0364. The first-order valence-electron chi connectivity index (χ1n) is 9.59. The number of piperidine rings is 1. The molecule has 1 aliphatic rings. The van der Waals surface area contributed by atoms with Crippen molar-refractivity contribution in [2.75, 3.05) is 30.4 Å². The zero-order chi connectivity index (χ0) is 20.9. The molecule has 3 heterocycles. The SMILES string of the molecule is COc1ccc([C@@H]2CN(c3cnco3)CC[C@H]2NC(=O)Nc2ccc(Cl)cc2)nc1. The number of hydrogen-bond donors (Lipinski definition) is 2. The molecule has 0 unspecified atom stereocenters. The van der Waals surface area contributed by atoms with Gasteiger partial charge in [-0.1, -0.05) is 11.6 Å². The molecule has 2 N–H and O–H groups in total. The van der Waals surface area contributed by atoms with Crippen LogP contribution in [0.15, 0.2) is 59.6 Å². The van der Waals surface area contributed by atoms with Crippen LogP contribution in [0.3, 0.4) is 0 Å². The average molecular weight is 428 g/mol. The summed E-state index contributed by atoms with van der Waals surface area (Å²) >= 11 is 5.91. The quantitative estimate of drug-likeness (QED) is 0.641. The molecule has 1 aromatic carbocycles. The summed E-state index contributed by atoms with van der Waals surface area (Å²) in [6, 6.07) is 10.4. The smallest absolute Gasteiger partial charge is 0.319 e. The second-order valence-electron chi connectivity index (χ2n) is 7.02. The summed E-state index contributed by atoms with van der Waals surface area (Å²) in [7, 11) is 1.61. The summed E-state index contributed by atoms with van der Waals surface area (Å²) < 4.78 is 10.7. The van der Waals surface area contributed by atoms with Gasteiger partial charge in [-0.2, -0.15) is 0 Å². The highest BCUT2D eigenvalue weighted by atomic mass is 35.5. The van der Waals surface area contributed by atoms with E-state index in [1.807, 2.05) is 12.1 Å². The van der Waals surface area contributed by atoms with Gasteiger partial charge in [-0.05, 0) is 42.8 Å². The van der Waals surface area contributed by atoms with E-state index in [0.717, 1.165) is 18.7 Å². The minimum atomic E-state index is -0.269. The van der Waals surface area contributed by atoms with Crippen molar-refractivity contribution in [3.05, 3.63) is 65.9 Å². The topological polar surface area (TPSA) is 92.5 Å². The molecule has 8 nitrogen and oxygen atoms in total. The van der Waals surface area contributed by atoms with Gasteiger partial charge in [0.1, 0.15) is 5.75 Å². The lowest BCUT2D eigenvalue weighted by Gasteiger charge is -2.38. The van der Waals surface area contributed by atoms with Crippen LogP contribution in [0, 0.1) is 0 Å². The third kappa shape index (κ3) is 4.65. The second kappa shape index (κ2) is 9.04. The van der Waals surface area contributed by atoms with E-state index in [0.29, 0.717) is 28.9 Å². The predicted molar refractivity (Wildman–Crippen MR) is 114 cm³/mol. The highest BCUT2D eigenvalue weighted by molar-refractivity contribution is 6.30. The van der Waals surface area contributed by atoms with Crippen molar-refractivity contribution in [3.8, 4) is 5.75 Å². The van der Waals surface area contributed by atoms with E-state index in [1.54, 1.807) is 43.8 Å². The van der Waals surface area contributed by atoms with Gasteiger partial charge in [0.15, 0.2) is 6.39 Å². The lowest BCUT2D eigenvalue weighted by molar-refractivity contribution is 0.243. The van der Waals surface area contributed by atoms with Gasteiger partial charge in [-0.15, -0.1) is 0 Å². The van der Waals surface area contributed by atoms with E-state index < -0.39 is 0 Å². The number of carbonyl (C=O) groups excluding carboxylic acids is 1. The highest BCUT2D eigenvalue weighted by Gasteiger charge is 2.33. The molecular weight excluding hydrogens is 406 g/mol. The number of aromatic nitrogens is 2. The van der Waals surface area contributed by atoms with E-state index in [-0.39, 0.29) is 18.0 Å². The van der Waals surface area contributed by atoms with Crippen LogP contribution in [-0.2, 0) is 0 Å². The number of halogens is 1. The Bertz CT molecular complexity index is 963. The van der Waals surface area contributed by atoms with E-state index in [2.05, 4.69) is 25.5 Å². The summed E-state index contributed by atoms with van der Waals surface area (Å²) in [5.74, 6) is 1.36. The molecule has 2 amide bonds. The summed E-state index contributed by atoms with van der Waals surface area (Å²) in [4.78, 5) is 23.3. The van der Waals surface area contributed by atoms with E-state index >= 15 is 0 Å². The van der Waals surface area contributed by atoms with Crippen LogP contribution in [-0.4, -0.2) is 42.2 Å². The number of pyridine rings is 1. The molecule has 0 spiro atoms. The maximum atomic E-state index is 12.6. The first-order chi connectivity index (χ1) is 14.6. The Balaban J connectivity index is 1.50. The molecule has 0 saturated carbocycles. The van der Waals surface area contributed by atoms with Crippen molar-refractivity contribution in [1.29, 1.82) is 0 Å². The second-order valence-corrected chi connectivity index (χ2v) is 7.45. The van der Waals surface area contributed by atoms with Crippen molar-refractivity contribution in [2.45, 2.75) is 18.4 Å². The Morgan fingerprint density at radius 1 is 1.23 bits per heavy atom. The predicted octanol–water partition coefficient (Wildman–Crippen LogP) is 3.92. The van der Waals surface area contributed by atoms with Gasteiger partial charge in [-0.25, -0.2) is 9.78 Å². The first kappa shape index (κ1) is 20.0.